The average molecular weight is 1480 g/mol. The van der Waals surface area contributed by atoms with Crippen molar-refractivity contribution < 1.29 is 42.7 Å². The van der Waals surface area contributed by atoms with Crippen LogP contribution in [0.4, 0.5) is 42.9 Å². The lowest BCUT2D eigenvalue weighted by molar-refractivity contribution is -0.138. The van der Waals surface area contributed by atoms with Gasteiger partial charge in [-0.05, 0) is 162 Å². The number of rotatable bonds is 19. The Hall–Kier alpha value is -10.3. The van der Waals surface area contributed by atoms with Gasteiger partial charge in [0.15, 0.2) is 29.0 Å². The summed E-state index contributed by atoms with van der Waals surface area (Å²) in [5.41, 5.74) is 13.4. The van der Waals surface area contributed by atoms with Crippen molar-refractivity contribution >= 4 is 126 Å². The molecule has 4 heterocycles. The molecule has 21 nitrogen and oxygen atoms in total. The van der Waals surface area contributed by atoms with Crippen LogP contribution in [0.2, 0.25) is 10.0 Å². The van der Waals surface area contributed by atoms with E-state index in [0.717, 1.165) is 79.9 Å². The Morgan fingerprint density at radius 3 is 1.39 bits per heavy atom. The fraction of sp³-hybridized carbons (Fsp3) is 0.316. The summed E-state index contributed by atoms with van der Waals surface area (Å²) < 4.78 is 33.7. The lowest BCUT2D eigenvalue weighted by atomic mass is 9.53. The Morgan fingerprint density at radius 2 is 0.981 bits per heavy atom. The fourth-order valence-electron chi connectivity index (χ4n) is 14.8. The molecule has 0 radical (unpaired) electrons. The highest BCUT2D eigenvalue weighted by Gasteiger charge is 2.52. The first-order chi connectivity index (χ1) is 50.3. The van der Waals surface area contributed by atoms with E-state index in [-0.39, 0.29) is 77.4 Å². The summed E-state index contributed by atoms with van der Waals surface area (Å²) in [4.78, 5) is 93.6. The van der Waals surface area contributed by atoms with Gasteiger partial charge in [-0.3, -0.25) is 38.1 Å². The summed E-state index contributed by atoms with van der Waals surface area (Å²) in [5, 5.41) is 32.6. The van der Waals surface area contributed by atoms with Crippen LogP contribution in [0.1, 0.15) is 119 Å². The molecular formula is C79H81Cl3F2N14O7. The van der Waals surface area contributed by atoms with E-state index in [4.69, 9.17) is 45.6 Å². The van der Waals surface area contributed by atoms with E-state index in [1.165, 1.54) is 31.2 Å². The minimum absolute atomic E-state index is 0.0306. The number of aliphatic carboxylic acids is 1. The number of fused-ring (bicyclic) bond motifs is 8. The van der Waals surface area contributed by atoms with Crippen molar-refractivity contribution in [2.45, 2.75) is 117 Å². The van der Waals surface area contributed by atoms with Crippen molar-refractivity contribution in [1.82, 2.24) is 44.4 Å². The first-order valence-corrected chi connectivity index (χ1v) is 35.7. The van der Waals surface area contributed by atoms with Crippen LogP contribution in [-0.4, -0.2) is 104 Å². The molecular weight excluding hydrogens is 1400 g/mol. The van der Waals surface area contributed by atoms with Crippen LogP contribution in [0.25, 0.3) is 44.1 Å². The van der Waals surface area contributed by atoms with Crippen molar-refractivity contribution in [1.29, 1.82) is 0 Å². The van der Waals surface area contributed by atoms with Gasteiger partial charge < -0.3 is 37.0 Å². The molecule has 0 spiro atoms. The molecule has 2 unspecified atom stereocenters. The zero-order valence-corrected chi connectivity index (χ0v) is 61.2. The molecule has 0 aliphatic heterocycles. The normalized spacial score (nSPS) is 18.9. The van der Waals surface area contributed by atoms with Gasteiger partial charge >= 0.3 is 5.97 Å². The van der Waals surface area contributed by atoms with Crippen LogP contribution in [0.15, 0.2) is 169 Å². The highest BCUT2D eigenvalue weighted by molar-refractivity contribution is 6.33. The molecule has 10 aromatic rings. The molecule has 6 saturated carbocycles. The standard InChI is InChI=1S/C37H34ClFN6O3.C21H22ClFN2O.C15H13N5O3.C6H12ClN/c1-22(46)35-29-16-24(42-25-18-40-21-41-19-25)9-10-33(29)45(44-35)20-26(47)17-37-13-11-23(12-14-37)15-30(37)36(48)43-32-8-4-6-28(34(32)39)27-5-2-3-7-31(27)38;22-17-6-2-1-4-14(17)15-5-3-7-18(19(15)23)25-20(26)16-12-13-8-10-21(16,24)11-9-13;1-9(21)15-12-4-10(18-11-5-16-8-17-6-11)2-3-13(12)20(19-15)7-14(22)23;1-5(2)6(7)8(3)4/h2-10,16,18-19,21,23,30,42H,11-15,17,20H2,1H3,(H,43,48);1-7,13,16H,8-12,24H2,(H,25,26);2-6,8,18H,7H2,1H3,(H,22,23);1-4H3. The molecule has 2 atom stereocenters. The van der Waals surface area contributed by atoms with Crippen molar-refractivity contribution in [3.05, 3.63) is 203 Å². The van der Waals surface area contributed by atoms with Gasteiger partial charge in [0.2, 0.25) is 11.8 Å². The number of aromatic nitrogens is 8. The Kier molecular flexibility index (Phi) is 24.0. The van der Waals surface area contributed by atoms with E-state index >= 15 is 8.78 Å². The average Bonchev–Trinajstić information content (AvgIpc) is 0.839. The van der Waals surface area contributed by atoms with Crippen LogP contribution in [0.5, 0.6) is 0 Å². The number of hydrogen-bond donors (Lipinski definition) is 6. The molecule has 6 aromatic carbocycles. The largest absolute Gasteiger partial charge is 0.480 e. The molecule has 6 aliphatic carbocycles. The molecule has 6 aliphatic rings. The Balaban J connectivity index is 0.000000162. The number of nitrogens with one attached hydrogen (secondary N) is 4. The van der Waals surface area contributed by atoms with E-state index in [0.29, 0.717) is 83.7 Å². The molecule has 7 N–H and O–H groups in total. The lowest BCUT2D eigenvalue weighted by Crippen LogP contribution is -2.58. The van der Waals surface area contributed by atoms with E-state index in [9.17, 15) is 28.8 Å². The van der Waals surface area contributed by atoms with Crippen LogP contribution in [0.3, 0.4) is 0 Å². The summed E-state index contributed by atoms with van der Waals surface area (Å²) in [7, 11) is 3.85. The number of hydrogen-bond acceptors (Lipinski definition) is 16. The van der Waals surface area contributed by atoms with Gasteiger partial charge in [-0.2, -0.15) is 10.2 Å². The molecule has 544 valence electrons. The number of carboxylic acid groups (broad SMARTS) is 1. The molecule has 0 saturated heterocycles. The van der Waals surface area contributed by atoms with Gasteiger partial charge in [-0.15, -0.1) is 0 Å². The van der Waals surface area contributed by atoms with Crippen molar-refractivity contribution in [3.63, 3.8) is 0 Å². The maximum Gasteiger partial charge on any atom is 0.325 e. The number of carbonyl (C=O) groups excluding carboxylic acids is 5. The Bertz CT molecular complexity index is 4920. The lowest BCUT2D eigenvalue weighted by Gasteiger charge is -2.51. The molecule has 2 amide bonds. The number of anilines is 6. The molecule has 6 fully saturated rings. The SMILES string of the molecule is CC(=O)c1nn(CC(=O)CC23CCC(CC2)CC3C(=O)Nc2cccc(-c3ccccc3Cl)c2F)c2ccc(Nc3cncnc3)cc12.CC(=O)c1nn(CC(=O)O)c2ccc(Nc3cncnc3)cc12.CC(C)=C(Cl)N(C)C.NC12CCC(CC1)CC2C(=O)Nc1cccc(-c2ccccc2Cl)c1F. The van der Waals surface area contributed by atoms with Crippen LogP contribution in [-0.2, 0) is 32.3 Å². The Morgan fingerprint density at radius 1 is 0.562 bits per heavy atom. The monoisotopic (exact) mass is 1480 g/mol. The summed E-state index contributed by atoms with van der Waals surface area (Å²) in [6.07, 6.45) is 18.4. The number of allylic oxidation sites excluding steroid dienone is 1. The highest BCUT2D eigenvalue weighted by atomic mass is 35.5. The van der Waals surface area contributed by atoms with Crippen molar-refractivity contribution in [3.8, 4) is 22.3 Å². The first kappa shape index (κ1) is 75.8. The number of halogens is 5. The van der Waals surface area contributed by atoms with Gasteiger partial charge in [0, 0.05) is 100 Å². The third-order valence-electron chi connectivity index (χ3n) is 20.0. The summed E-state index contributed by atoms with van der Waals surface area (Å²) in [5.74, 6) is -2.71. The number of benzene rings is 6. The van der Waals surface area contributed by atoms with Crippen molar-refractivity contribution in [2.75, 3.05) is 35.4 Å². The molecule has 26 heteroatoms. The zero-order chi connectivity index (χ0) is 74.9. The molecule has 105 heavy (non-hydrogen) atoms. The summed E-state index contributed by atoms with van der Waals surface area (Å²) in [6.45, 7) is 6.50. The maximum absolute atomic E-state index is 15.8. The minimum Gasteiger partial charge on any atom is -0.480 e. The van der Waals surface area contributed by atoms with E-state index in [2.05, 4.69) is 51.4 Å². The maximum atomic E-state index is 15.8. The van der Waals surface area contributed by atoms with E-state index < -0.39 is 34.5 Å². The fourth-order valence-corrected chi connectivity index (χ4v) is 15.3. The number of ketones is 3. The highest BCUT2D eigenvalue weighted by Crippen LogP contribution is 2.56. The van der Waals surface area contributed by atoms with Crippen LogP contribution in [0, 0.1) is 40.7 Å². The van der Waals surface area contributed by atoms with Crippen LogP contribution < -0.4 is 27.0 Å². The quantitative estimate of drug-likeness (QED) is 0.0324. The van der Waals surface area contributed by atoms with Gasteiger partial charge in [0.05, 0.1) is 64.5 Å². The number of carbonyl (C=O) groups is 6. The number of nitrogens with two attached hydrogens (primary N) is 1. The Labute approximate surface area is 621 Å². The summed E-state index contributed by atoms with van der Waals surface area (Å²) >= 11 is 18.3. The predicted octanol–water partition coefficient (Wildman–Crippen LogP) is 16.9. The third-order valence-corrected chi connectivity index (χ3v) is 21.4. The van der Waals surface area contributed by atoms with Gasteiger partial charge in [0.1, 0.15) is 42.3 Å². The number of nitrogens with zero attached hydrogens (tertiary/aromatic N) is 9. The zero-order valence-electron chi connectivity index (χ0n) is 58.9. The second-order valence-electron chi connectivity index (χ2n) is 27.7. The number of amides is 2. The van der Waals surface area contributed by atoms with Crippen molar-refractivity contribution in [2.24, 2.45) is 34.8 Å². The second kappa shape index (κ2) is 33.2. The first-order valence-electron chi connectivity index (χ1n) is 34.6. The second-order valence-corrected chi connectivity index (χ2v) is 28.9. The number of Topliss-reactive ketones (excluding diaryl/α,β-unsaturated/α-hetero) is 3. The van der Waals surface area contributed by atoms with E-state index in [1.54, 1.807) is 127 Å². The van der Waals surface area contributed by atoms with Gasteiger partial charge in [-0.1, -0.05) is 95.5 Å². The summed E-state index contributed by atoms with van der Waals surface area (Å²) in [6, 6.07) is 34.7. The third kappa shape index (κ3) is 17.7. The van der Waals surface area contributed by atoms with Gasteiger partial charge in [0.25, 0.3) is 0 Å². The van der Waals surface area contributed by atoms with Crippen LogP contribution >= 0.6 is 34.8 Å². The van der Waals surface area contributed by atoms with Gasteiger partial charge in [-0.25, -0.2) is 28.7 Å². The predicted molar refractivity (Wildman–Crippen MR) is 406 cm³/mol. The number of carboxylic acids is 1. The topological polar surface area (TPSA) is 287 Å². The van der Waals surface area contributed by atoms with E-state index in [1.807, 2.05) is 57.1 Å². The smallest absolute Gasteiger partial charge is 0.325 e. The molecule has 4 bridgehead atoms. The minimum atomic E-state index is -1.02. The molecule has 4 aromatic heterocycles. The molecule has 16 rings (SSSR count).